The summed E-state index contributed by atoms with van der Waals surface area (Å²) in [5.74, 6) is -0.218. The predicted molar refractivity (Wildman–Crippen MR) is 107 cm³/mol. The number of amides is 3. The molecule has 3 amide bonds. The van der Waals surface area contributed by atoms with Crippen molar-refractivity contribution in [3.8, 4) is 0 Å². The highest BCUT2D eigenvalue weighted by Gasteiger charge is 2.38. The number of nitrogens with zero attached hydrogens (tertiary/aromatic N) is 2. The van der Waals surface area contributed by atoms with Gasteiger partial charge in [0.15, 0.2) is 0 Å². The van der Waals surface area contributed by atoms with E-state index in [9.17, 15) is 14.4 Å². The fourth-order valence-electron chi connectivity index (χ4n) is 3.88. The van der Waals surface area contributed by atoms with Crippen LogP contribution in [0.5, 0.6) is 0 Å². The minimum Gasteiger partial charge on any atom is -0.373 e. The Hall–Kier alpha value is -3.15. The van der Waals surface area contributed by atoms with Gasteiger partial charge in [-0.05, 0) is 42.7 Å². The van der Waals surface area contributed by atoms with E-state index < -0.39 is 6.04 Å². The van der Waals surface area contributed by atoms with Crippen molar-refractivity contribution >= 4 is 29.1 Å². The van der Waals surface area contributed by atoms with Gasteiger partial charge >= 0.3 is 0 Å². The van der Waals surface area contributed by atoms with Crippen LogP contribution in [0, 0.1) is 6.92 Å². The molecule has 2 aliphatic heterocycles. The second-order valence-corrected chi connectivity index (χ2v) is 7.35. The molecule has 4 rings (SSSR count). The van der Waals surface area contributed by atoms with Crippen molar-refractivity contribution in [2.75, 3.05) is 16.8 Å². The summed E-state index contributed by atoms with van der Waals surface area (Å²) in [7, 11) is 0. The van der Waals surface area contributed by atoms with Crippen molar-refractivity contribution in [2.45, 2.75) is 38.8 Å². The average Bonchev–Trinajstić information content (AvgIpc) is 3.21. The second kappa shape index (κ2) is 7.46. The molecule has 1 N–H and O–H groups in total. The number of nitrogens with one attached hydrogen (secondary N) is 1. The first-order valence-corrected chi connectivity index (χ1v) is 9.58. The van der Waals surface area contributed by atoms with Crippen LogP contribution in [-0.2, 0) is 20.9 Å². The molecular formula is C22H23N3O3. The normalized spacial score (nSPS) is 19.6. The van der Waals surface area contributed by atoms with Crippen molar-refractivity contribution in [2.24, 2.45) is 0 Å². The summed E-state index contributed by atoms with van der Waals surface area (Å²) < 4.78 is 0. The molecule has 0 bridgehead atoms. The molecule has 2 aliphatic rings. The van der Waals surface area contributed by atoms with Crippen LogP contribution in [0.4, 0.5) is 11.4 Å². The monoisotopic (exact) mass is 377 g/mol. The number of imide groups is 1. The number of hydrogen-bond acceptors (Lipinski definition) is 4. The highest BCUT2D eigenvalue weighted by atomic mass is 16.2. The first-order chi connectivity index (χ1) is 13.5. The number of rotatable bonds is 5. The SMILES string of the molecule is Cc1cc(N[C@@H]2CC(=O)N(Cc3ccccc3)C2=O)ccc1N1CCCC1=O. The zero-order valence-corrected chi connectivity index (χ0v) is 15.9. The van der Waals surface area contributed by atoms with Crippen molar-refractivity contribution in [1.29, 1.82) is 0 Å². The lowest BCUT2D eigenvalue weighted by atomic mass is 10.1. The molecule has 2 fully saturated rings. The molecule has 6 heteroatoms. The molecule has 2 aromatic rings. The summed E-state index contributed by atoms with van der Waals surface area (Å²) in [5, 5.41) is 3.19. The number of carbonyl (C=O) groups excluding carboxylic acids is 3. The molecule has 1 atom stereocenters. The molecule has 0 aliphatic carbocycles. The molecule has 0 radical (unpaired) electrons. The maximum atomic E-state index is 12.7. The topological polar surface area (TPSA) is 69.7 Å². The van der Waals surface area contributed by atoms with E-state index in [1.54, 1.807) is 0 Å². The fraction of sp³-hybridized carbons (Fsp3) is 0.318. The minimum atomic E-state index is -0.560. The average molecular weight is 377 g/mol. The van der Waals surface area contributed by atoms with Gasteiger partial charge in [-0.1, -0.05) is 30.3 Å². The van der Waals surface area contributed by atoms with E-state index >= 15 is 0 Å². The van der Waals surface area contributed by atoms with E-state index in [2.05, 4.69) is 5.32 Å². The maximum Gasteiger partial charge on any atom is 0.252 e. The molecule has 6 nitrogen and oxygen atoms in total. The van der Waals surface area contributed by atoms with Crippen LogP contribution >= 0.6 is 0 Å². The van der Waals surface area contributed by atoms with E-state index in [4.69, 9.17) is 0 Å². The Morgan fingerprint density at radius 3 is 2.50 bits per heavy atom. The van der Waals surface area contributed by atoms with E-state index in [1.807, 2.05) is 60.4 Å². The lowest BCUT2D eigenvalue weighted by Gasteiger charge is -2.20. The van der Waals surface area contributed by atoms with Gasteiger partial charge in [-0.2, -0.15) is 0 Å². The van der Waals surface area contributed by atoms with Gasteiger partial charge in [0.05, 0.1) is 13.0 Å². The minimum absolute atomic E-state index is 0.150. The number of likely N-dealkylation sites (tertiary alicyclic amines) is 1. The first-order valence-electron chi connectivity index (χ1n) is 9.58. The number of hydrogen-bond donors (Lipinski definition) is 1. The Morgan fingerprint density at radius 2 is 1.82 bits per heavy atom. The molecule has 0 saturated carbocycles. The van der Waals surface area contributed by atoms with E-state index in [0.29, 0.717) is 13.0 Å². The van der Waals surface area contributed by atoms with Crippen LogP contribution < -0.4 is 10.2 Å². The number of anilines is 2. The van der Waals surface area contributed by atoms with Crippen molar-refractivity contribution in [1.82, 2.24) is 4.90 Å². The van der Waals surface area contributed by atoms with Crippen LogP contribution in [0.2, 0.25) is 0 Å². The summed E-state index contributed by atoms with van der Waals surface area (Å²) in [5.41, 5.74) is 3.59. The zero-order chi connectivity index (χ0) is 19.7. The molecule has 28 heavy (non-hydrogen) atoms. The van der Waals surface area contributed by atoms with Gasteiger partial charge in [0.1, 0.15) is 6.04 Å². The Balaban J connectivity index is 1.45. The molecule has 0 spiro atoms. The Kier molecular flexibility index (Phi) is 4.86. The van der Waals surface area contributed by atoms with Gasteiger partial charge in [-0.15, -0.1) is 0 Å². The van der Waals surface area contributed by atoms with Crippen LogP contribution in [0.1, 0.15) is 30.4 Å². The maximum absolute atomic E-state index is 12.7. The summed E-state index contributed by atoms with van der Waals surface area (Å²) in [6.45, 7) is 3.00. The zero-order valence-electron chi connectivity index (χ0n) is 15.9. The van der Waals surface area contributed by atoms with Crippen LogP contribution in [-0.4, -0.2) is 35.2 Å². The largest absolute Gasteiger partial charge is 0.373 e. The number of aryl methyl sites for hydroxylation is 1. The van der Waals surface area contributed by atoms with Gasteiger partial charge in [0.25, 0.3) is 5.91 Å². The van der Waals surface area contributed by atoms with Crippen LogP contribution in [0.3, 0.4) is 0 Å². The highest BCUT2D eigenvalue weighted by molar-refractivity contribution is 6.06. The van der Waals surface area contributed by atoms with Crippen molar-refractivity contribution in [3.05, 3.63) is 59.7 Å². The molecule has 0 aromatic heterocycles. The van der Waals surface area contributed by atoms with E-state index in [-0.39, 0.29) is 24.1 Å². The van der Waals surface area contributed by atoms with Crippen molar-refractivity contribution < 1.29 is 14.4 Å². The van der Waals surface area contributed by atoms with E-state index in [1.165, 1.54) is 4.90 Å². The quantitative estimate of drug-likeness (QED) is 0.814. The Labute approximate surface area is 164 Å². The molecular weight excluding hydrogens is 354 g/mol. The second-order valence-electron chi connectivity index (χ2n) is 7.35. The lowest BCUT2D eigenvalue weighted by molar-refractivity contribution is -0.139. The van der Waals surface area contributed by atoms with Crippen LogP contribution in [0.25, 0.3) is 0 Å². The van der Waals surface area contributed by atoms with Gasteiger partial charge in [0, 0.05) is 24.3 Å². The van der Waals surface area contributed by atoms with E-state index in [0.717, 1.165) is 35.5 Å². The first kappa shape index (κ1) is 18.2. The highest BCUT2D eigenvalue weighted by Crippen LogP contribution is 2.28. The number of carbonyl (C=O) groups is 3. The predicted octanol–water partition coefficient (Wildman–Crippen LogP) is 2.86. The molecule has 2 aromatic carbocycles. The smallest absolute Gasteiger partial charge is 0.252 e. The third kappa shape index (κ3) is 3.50. The summed E-state index contributed by atoms with van der Waals surface area (Å²) in [4.78, 5) is 40.2. The van der Waals surface area contributed by atoms with Gasteiger partial charge in [-0.25, -0.2) is 0 Å². The number of benzene rings is 2. The van der Waals surface area contributed by atoms with Gasteiger partial charge < -0.3 is 10.2 Å². The molecule has 0 unspecified atom stereocenters. The summed E-state index contributed by atoms with van der Waals surface area (Å²) in [6, 6.07) is 14.6. The third-order valence-electron chi connectivity index (χ3n) is 5.33. The Bertz CT molecular complexity index is 926. The third-order valence-corrected chi connectivity index (χ3v) is 5.33. The Morgan fingerprint density at radius 1 is 1.04 bits per heavy atom. The fourth-order valence-corrected chi connectivity index (χ4v) is 3.88. The molecule has 144 valence electrons. The lowest BCUT2D eigenvalue weighted by Crippen LogP contribution is -2.34. The molecule has 2 saturated heterocycles. The molecule has 2 heterocycles. The van der Waals surface area contributed by atoms with Crippen molar-refractivity contribution in [3.63, 3.8) is 0 Å². The summed E-state index contributed by atoms with van der Waals surface area (Å²) in [6.07, 6.45) is 1.63. The van der Waals surface area contributed by atoms with Crippen LogP contribution in [0.15, 0.2) is 48.5 Å². The standard InChI is InChI=1S/C22H23N3O3/c1-15-12-17(9-10-19(15)24-11-5-8-20(24)26)23-18-13-21(27)25(22(18)28)14-16-6-3-2-4-7-16/h2-4,6-7,9-10,12,18,23H,5,8,11,13-14H2,1H3/t18-/m1/s1. The summed E-state index contributed by atoms with van der Waals surface area (Å²) >= 11 is 0. The van der Waals surface area contributed by atoms with Gasteiger partial charge in [0.2, 0.25) is 11.8 Å². The van der Waals surface area contributed by atoms with Gasteiger partial charge in [-0.3, -0.25) is 19.3 Å².